The number of para-hydroxylation sites is 1. The molecule has 0 N–H and O–H groups in total. The molecule has 0 bridgehead atoms. The third kappa shape index (κ3) is 0.932. The van der Waals surface area contributed by atoms with Gasteiger partial charge in [0.2, 0.25) is 0 Å². The molecular formula is C10H10N2O. The van der Waals surface area contributed by atoms with Crippen LogP contribution in [0.1, 0.15) is 18.0 Å². The normalized spacial score (nSPS) is 23.7. The van der Waals surface area contributed by atoms with Gasteiger partial charge in [-0.1, -0.05) is 18.2 Å². The van der Waals surface area contributed by atoms with Crippen molar-refractivity contribution >= 4 is 6.21 Å². The van der Waals surface area contributed by atoms with Gasteiger partial charge in [0.1, 0.15) is 5.75 Å². The molecule has 2 heterocycles. The number of ether oxygens (including phenoxy) is 1. The van der Waals surface area contributed by atoms with E-state index in [0.717, 1.165) is 12.2 Å². The highest BCUT2D eigenvalue weighted by molar-refractivity contribution is 5.61. The summed E-state index contributed by atoms with van der Waals surface area (Å²) in [6.45, 7) is 0.582. The smallest absolute Gasteiger partial charge is 0.177 e. The Hall–Kier alpha value is -1.51. The molecule has 0 aromatic heterocycles. The molecule has 0 amide bonds. The average Bonchev–Trinajstić information content (AvgIpc) is 2.65. The predicted molar refractivity (Wildman–Crippen MR) is 49.6 cm³/mol. The zero-order valence-corrected chi connectivity index (χ0v) is 7.18. The van der Waals surface area contributed by atoms with Crippen molar-refractivity contribution in [2.75, 3.05) is 6.73 Å². The van der Waals surface area contributed by atoms with Crippen molar-refractivity contribution in [3.63, 3.8) is 0 Å². The highest BCUT2D eigenvalue weighted by Gasteiger charge is 2.29. The van der Waals surface area contributed by atoms with Crippen LogP contribution >= 0.6 is 0 Å². The molecule has 3 nitrogen and oxygen atoms in total. The number of hydrogen-bond donors (Lipinski definition) is 0. The summed E-state index contributed by atoms with van der Waals surface area (Å²) in [5, 5.41) is 6.23. The summed E-state index contributed by atoms with van der Waals surface area (Å²) in [4.78, 5) is 0. The first-order valence-electron chi connectivity index (χ1n) is 4.46. The van der Waals surface area contributed by atoms with Crippen LogP contribution in [0.15, 0.2) is 29.4 Å². The van der Waals surface area contributed by atoms with Crippen molar-refractivity contribution in [1.82, 2.24) is 5.01 Å². The van der Waals surface area contributed by atoms with E-state index in [2.05, 4.69) is 11.2 Å². The molecule has 3 heteroatoms. The first-order valence-corrected chi connectivity index (χ1v) is 4.46. The van der Waals surface area contributed by atoms with Crippen LogP contribution in [0.3, 0.4) is 0 Å². The maximum atomic E-state index is 5.55. The fourth-order valence-electron chi connectivity index (χ4n) is 1.89. The molecule has 1 aromatic rings. The number of rotatable bonds is 0. The van der Waals surface area contributed by atoms with Crippen molar-refractivity contribution in [1.29, 1.82) is 0 Å². The van der Waals surface area contributed by atoms with Crippen LogP contribution in [0, 0.1) is 0 Å². The lowest BCUT2D eigenvalue weighted by Gasteiger charge is -2.30. The predicted octanol–water partition coefficient (Wildman–Crippen LogP) is 1.77. The SMILES string of the molecule is C1=NN2COc3ccccc3C2C1. The highest BCUT2D eigenvalue weighted by atomic mass is 16.5. The second kappa shape index (κ2) is 2.49. The number of nitrogens with zero attached hydrogens (tertiary/aromatic N) is 2. The largest absolute Gasteiger partial charge is 0.471 e. The highest BCUT2D eigenvalue weighted by Crippen LogP contribution is 2.37. The van der Waals surface area contributed by atoms with Crippen molar-refractivity contribution in [3.05, 3.63) is 29.8 Å². The van der Waals surface area contributed by atoms with E-state index in [1.807, 2.05) is 29.4 Å². The van der Waals surface area contributed by atoms with Gasteiger partial charge in [0.15, 0.2) is 6.73 Å². The van der Waals surface area contributed by atoms with Crippen LogP contribution in [0.25, 0.3) is 0 Å². The Balaban J connectivity index is 2.08. The summed E-state index contributed by atoms with van der Waals surface area (Å²) in [7, 11) is 0. The molecule has 2 aliphatic rings. The first kappa shape index (κ1) is 6.95. The van der Waals surface area contributed by atoms with Crippen molar-refractivity contribution in [2.24, 2.45) is 5.10 Å². The van der Waals surface area contributed by atoms with Gasteiger partial charge >= 0.3 is 0 Å². The van der Waals surface area contributed by atoms with Crippen LogP contribution < -0.4 is 4.74 Å². The molecule has 0 saturated carbocycles. The fourth-order valence-corrected chi connectivity index (χ4v) is 1.89. The summed E-state index contributed by atoms with van der Waals surface area (Å²) in [5.41, 5.74) is 1.26. The lowest BCUT2D eigenvalue weighted by molar-refractivity contribution is 0.0750. The second-order valence-electron chi connectivity index (χ2n) is 3.30. The van der Waals surface area contributed by atoms with E-state index in [4.69, 9.17) is 4.74 Å². The Kier molecular flexibility index (Phi) is 1.33. The van der Waals surface area contributed by atoms with Crippen molar-refractivity contribution < 1.29 is 4.74 Å². The Morgan fingerprint density at radius 3 is 3.31 bits per heavy atom. The lowest BCUT2D eigenvalue weighted by atomic mass is 10.0. The number of fused-ring (bicyclic) bond motifs is 3. The quantitative estimate of drug-likeness (QED) is 0.598. The molecule has 3 rings (SSSR count). The van der Waals surface area contributed by atoms with Gasteiger partial charge in [-0.15, -0.1) is 0 Å². The molecule has 0 fully saturated rings. The van der Waals surface area contributed by atoms with Crippen LogP contribution in [0.5, 0.6) is 5.75 Å². The Morgan fingerprint density at radius 2 is 2.31 bits per heavy atom. The van der Waals surface area contributed by atoms with E-state index in [1.165, 1.54) is 5.56 Å². The Morgan fingerprint density at radius 1 is 1.38 bits per heavy atom. The van der Waals surface area contributed by atoms with Crippen LogP contribution in [0.4, 0.5) is 0 Å². The molecule has 1 unspecified atom stereocenters. The molecule has 0 spiro atoms. The summed E-state index contributed by atoms with van der Waals surface area (Å²) in [6, 6.07) is 8.59. The molecule has 1 aromatic carbocycles. The van der Waals surface area contributed by atoms with Gasteiger partial charge in [0, 0.05) is 18.2 Å². The molecule has 0 saturated heterocycles. The maximum absolute atomic E-state index is 5.55. The van der Waals surface area contributed by atoms with Gasteiger partial charge in [-0.2, -0.15) is 5.10 Å². The monoisotopic (exact) mass is 174 g/mol. The number of hydrazone groups is 1. The second-order valence-corrected chi connectivity index (χ2v) is 3.30. The van der Waals surface area contributed by atoms with Crippen molar-refractivity contribution in [2.45, 2.75) is 12.5 Å². The standard InChI is InChI=1S/C10H10N2O/c1-2-4-10-8(3-1)9-5-6-11-12(9)7-13-10/h1-4,6,9H,5,7H2. The van der Waals surface area contributed by atoms with E-state index in [1.54, 1.807) is 0 Å². The lowest BCUT2D eigenvalue weighted by Crippen LogP contribution is -2.29. The van der Waals surface area contributed by atoms with E-state index in [9.17, 15) is 0 Å². The van der Waals surface area contributed by atoms with E-state index in [-0.39, 0.29) is 0 Å². The van der Waals surface area contributed by atoms with E-state index < -0.39 is 0 Å². The third-order valence-electron chi connectivity index (χ3n) is 2.55. The molecular weight excluding hydrogens is 164 g/mol. The van der Waals surface area contributed by atoms with Gasteiger partial charge in [0.05, 0.1) is 6.04 Å². The zero-order valence-electron chi connectivity index (χ0n) is 7.18. The molecule has 13 heavy (non-hydrogen) atoms. The van der Waals surface area contributed by atoms with Crippen LogP contribution in [-0.4, -0.2) is 18.0 Å². The molecule has 66 valence electrons. The van der Waals surface area contributed by atoms with Gasteiger partial charge in [-0.25, -0.2) is 0 Å². The van der Waals surface area contributed by atoms with Crippen LogP contribution in [0.2, 0.25) is 0 Å². The summed E-state index contributed by atoms with van der Waals surface area (Å²) >= 11 is 0. The fraction of sp³-hybridized carbons (Fsp3) is 0.300. The number of benzene rings is 1. The minimum absolute atomic E-state index is 0.407. The first-order chi connectivity index (χ1) is 6.45. The van der Waals surface area contributed by atoms with E-state index in [0.29, 0.717) is 12.8 Å². The minimum Gasteiger partial charge on any atom is -0.471 e. The van der Waals surface area contributed by atoms with Gasteiger partial charge < -0.3 is 4.74 Å². The molecule has 2 aliphatic heterocycles. The summed E-state index contributed by atoms with van der Waals surface area (Å²) in [5.74, 6) is 1.01. The Bertz CT molecular complexity index is 362. The molecule has 0 aliphatic carbocycles. The average molecular weight is 174 g/mol. The topological polar surface area (TPSA) is 24.8 Å². The van der Waals surface area contributed by atoms with Gasteiger partial charge in [0.25, 0.3) is 0 Å². The summed E-state index contributed by atoms with van der Waals surface area (Å²) in [6.07, 6.45) is 2.95. The maximum Gasteiger partial charge on any atom is 0.177 e. The van der Waals surface area contributed by atoms with Crippen molar-refractivity contribution in [3.8, 4) is 5.75 Å². The molecule has 1 atom stereocenters. The van der Waals surface area contributed by atoms with Gasteiger partial charge in [-0.3, -0.25) is 5.01 Å². The summed E-state index contributed by atoms with van der Waals surface area (Å²) < 4.78 is 5.55. The minimum atomic E-state index is 0.407. The van der Waals surface area contributed by atoms with Gasteiger partial charge in [-0.05, 0) is 6.07 Å². The number of hydrogen-bond acceptors (Lipinski definition) is 3. The molecule has 0 radical (unpaired) electrons. The third-order valence-corrected chi connectivity index (χ3v) is 2.55. The van der Waals surface area contributed by atoms with Crippen LogP contribution in [-0.2, 0) is 0 Å². The Labute approximate surface area is 76.6 Å². The zero-order chi connectivity index (χ0) is 8.67. The van der Waals surface area contributed by atoms with E-state index >= 15 is 0 Å².